The molecule has 5 N–H and O–H groups in total. The highest BCUT2D eigenvalue weighted by atomic mass is 16.4. The zero-order chi connectivity index (χ0) is 39.9. The van der Waals surface area contributed by atoms with Crippen LogP contribution in [0.1, 0.15) is 102 Å². The molecule has 5 amide bonds. The van der Waals surface area contributed by atoms with E-state index in [-0.39, 0.29) is 30.4 Å². The van der Waals surface area contributed by atoms with Crippen molar-refractivity contribution in [3.63, 3.8) is 0 Å². The van der Waals surface area contributed by atoms with Gasteiger partial charge in [-0.05, 0) is 50.0 Å². The molecular weight excluding hydrogens is 706 g/mol. The van der Waals surface area contributed by atoms with Crippen molar-refractivity contribution < 1.29 is 38.7 Å². The summed E-state index contributed by atoms with van der Waals surface area (Å²) in [5, 5.41) is 20.7. The Labute approximate surface area is 321 Å². The van der Waals surface area contributed by atoms with Gasteiger partial charge in [0.15, 0.2) is 0 Å². The van der Waals surface area contributed by atoms with Gasteiger partial charge in [-0.1, -0.05) is 83.2 Å². The van der Waals surface area contributed by atoms with Crippen molar-refractivity contribution in [1.29, 1.82) is 0 Å². The Morgan fingerprint density at radius 1 is 0.964 bits per heavy atom. The smallest absolute Gasteiger partial charge is 0.326 e. The monoisotopic (exact) mass is 759 g/mol. The molecule has 3 fully saturated rings. The van der Waals surface area contributed by atoms with Crippen LogP contribution in [0.3, 0.4) is 0 Å². The molecule has 8 atom stereocenters. The van der Waals surface area contributed by atoms with E-state index in [1.807, 2.05) is 20.8 Å². The van der Waals surface area contributed by atoms with Gasteiger partial charge in [0.25, 0.3) is 11.8 Å². The molecule has 3 aliphatic rings. The predicted octanol–water partition coefficient (Wildman–Crippen LogP) is 2.34. The first-order chi connectivity index (χ1) is 26.3. The Morgan fingerprint density at radius 3 is 2.29 bits per heavy atom. The number of carbonyl (C=O) groups excluding carboxylic acids is 6. The van der Waals surface area contributed by atoms with E-state index in [9.17, 15) is 38.7 Å². The van der Waals surface area contributed by atoms with Crippen LogP contribution in [0, 0.1) is 17.8 Å². The van der Waals surface area contributed by atoms with Crippen molar-refractivity contribution in [3.05, 3.63) is 60.2 Å². The fourth-order valence-corrected chi connectivity index (χ4v) is 8.66. The van der Waals surface area contributed by atoms with Gasteiger partial charge in [0.05, 0.1) is 12.2 Å². The molecule has 2 saturated heterocycles. The van der Waals surface area contributed by atoms with E-state index in [2.05, 4.69) is 31.2 Å². The molecular formula is C40H53N7O8. The first kappa shape index (κ1) is 41.0. The Kier molecular flexibility index (Phi) is 13.4. The molecule has 3 heterocycles. The third-order valence-electron chi connectivity index (χ3n) is 11.8. The third kappa shape index (κ3) is 9.03. The van der Waals surface area contributed by atoms with Crippen LogP contribution in [-0.2, 0) is 35.2 Å². The predicted molar refractivity (Wildman–Crippen MR) is 200 cm³/mol. The lowest BCUT2D eigenvalue weighted by Crippen LogP contribution is -2.58. The Bertz CT molecular complexity index is 1740. The van der Waals surface area contributed by atoms with Gasteiger partial charge < -0.3 is 31.3 Å². The summed E-state index contributed by atoms with van der Waals surface area (Å²) >= 11 is 0. The SMILES string of the molecule is CCCC(NC(=O)[C@@H]1[C@@H](CC)CC2(C)C(C)[C@H](NC(=O)[C@@H](NC(=O)c3cnccn3)C3CCCCC3)C(=O)N12)C(=O)C(=O)N[C@@H](Cc1ccccc1)C(=O)O. The minimum Gasteiger partial charge on any atom is -0.480 e. The molecule has 0 radical (unpaired) electrons. The van der Waals surface area contributed by atoms with Crippen LogP contribution in [0.5, 0.6) is 0 Å². The number of carboxylic acids is 1. The zero-order valence-corrected chi connectivity index (χ0v) is 32.0. The van der Waals surface area contributed by atoms with Gasteiger partial charge in [-0.25, -0.2) is 9.78 Å². The van der Waals surface area contributed by atoms with Crippen molar-refractivity contribution in [2.24, 2.45) is 17.8 Å². The molecule has 15 heteroatoms. The van der Waals surface area contributed by atoms with Crippen molar-refractivity contribution in [2.75, 3.05) is 0 Å². The molecule has 0 bridgehead atoms. The van der Waals surface area contributed by atoms with Crippen molar-refractivity contribution in [1.82, 2.24) is 36.1 Å². The van der Waals surface area contributed by atoms with Crippen LogP contribution in [0.4, 0.5) is 0 Å². The summed E-state index contributed by atoms with van der Waals surface area (Å²) in [6.07, 6.45) is 9.99. The highest BCUT2D eigenvalue weighted by Gasteiger charge is 2.64. The molecule has 5 rings (SSSR count). The number of benzene rings is 1. The lowest BCUT2D eigenvalue weighted by molar-refractivity contribution is -0.146. The minimum atomic E-state index is -1.37. The summed E-state index contributed by atoms with van der Waals surface area (Å²) in [7, 11) is 0. The van der Waals surface area contributed by atoms with Crippen LogP contribution in [0.25, 0.3) is 0 Å². The van der Waals surface area contributed by atoms with Crippen LogP contribution in [-0.4, -0.2) is 97.0 Å². The van der Waals surface area contributed by atoms with Crippen LogP contribution < -0.4 is 21.3 Å². The number of amides is 5. The second-order valence-corrected chi connectivity index (χ2v) is 15.4. The fourth-order valence-electron chi connectivity index (χ4n) is 8.66. The average Bonchev–Trinajstić information content (AvgIpc) is 3.59. The molecule has 1 aromatic heterocycles. The average molecular weight is 760 g/mol. The van der Waals surface area contributed by atoms with Gasteiger partial charge in [-0.2, -0.15) is 0 Å². The number of nitrogens with one attached hydrogen (secondary N) is 4. The molecule has 296 valence electrons. The van der Waals surface area contributed by atoms with Crippen molar-refractivity contribution >= 4 is 41.3 Å². The number of aliphatic carboxylic acids is 1. The maximum Gasteiger partial charge on any atom is 0.326 e. The highest BCUT2D eigenvalue weighted by molar-refractivity contribution is 6.38. The number of hydrogen-bond donors (Lipinski definition) is 5. The largest absolute Gasteiger partial charge is 0.480 e. The summed E-state index contributed by atoms with van der Waals surface area (Å²) in [4.78, 5) is 104. The molecule has 1 aromatic carbocycles. The van der Waals surface area contributed by atoms with E-state index in [4.69, 9.17) is 0 Å². The van der Waals surface area contributed by atoms with Gasteiger partial charge in [0.2, 0.25) is 23.5 Å². The van der Waals surface area contributed by atoms with Crippen LogP contribution >= 0.6 is 0 Å². The van der Waals surface area contributed by atoms with Crippen molar-refractivity contribution in [2.45, 2.75) is 128 Å². The number of carboxylic acid groups (broad SMARTS) is 1. The lowest BCUT2D eigenvalue weighted by atomic mass is 9.80. The second kappa shape index (κ2) is 17.9. The maximum absolute atomic E-state index is 14.4. The summed E-state index contributed by atoms with van der Waals surface area (Å²) in [5.74, 6) is -6.32. The number of ketones is 1. The molecule has 1 aliphatic carbocycles. The van der Waals surface area contributed by atoms with Crippen molar-refractivity contribution in [3.8, 4) is 0 Å². The number of nitrogens with zero attached hydrogens (tertiary/aromatic N) is 3. The van der Waals surface area contributed by atoms with Crippen LogP contribution in [0.15, 0.2) is 48.9 Å². The Balaban J connectivity index is 1.31. The first-order valence-corrected chi connectivity index (χ1v) is 19.4. The van der Waals surface area contributed by atoms with E-state index >= 15 is 0 Å². The number of aromatic nitrogens is 2. The van der Waals surface area contributed by atoms with Gasteiger partial charge in [-0.3, -0.25) is 33.8 Å². The molecule has 2 aromatic rings. The molecule has 2 aliphatic heterocycles. The zero-order valence-electron chi connectivity index (χ0n) is 32.0. The maximum atomic E-state index is 14.4. The Morgan fingerprint density at radius 2 is 1.67 bits per heavy atom. The van der Waals surface area contributed by atoms with Gasteiger partial charge in [0, 0.05) is 30.3 Å². The molecule has 3 unspecified atom stereocenters. The second-order valence-electron chi connectivity index (χ2n) is 15.4. The van der Waals surface area contributed by atoms with E-state index < -0.39 is 83.0 Å². The highest BCUT2D eigenvalue weighted by Crippen LogP contribution is 2.50. The van der Waals surface area contributed by atoms with Gasteiger partial charge in [-0.15, -0.1) is 0 Å². The van der Waals surface area contributed by atoms with E-state index in [1.165, 1.54) is 23.5 Å². The first-order valence-electron chi connectivity index (χ1n) is 19.4. The molecule has 1 saturated carbocycles. The summed E-state index contributed by atoms with van der Waals surface area (Å²) in [6.45, 7) is 7.47. The quantitative estimate of drug-likeness (QED) is 0.158. The van der Waals surface area contributed by atoms with E-state index in [0.29, 0.717) is 24.8 Å². The Hall–Kier alpha value is -5.21. The minimum absolute atomic E-state index is 0.0404. The van der Waals surface area contributed by atoms with Crippen LogP contribution in [0.2, 0.25) is 0 Å². The molecule has 55 heavy (non-hydrogen) atoms. The third-order valence-corrected chi connectivity index (χ3v) is 11.8. The normalized spacial score (nSPS) is 25.2. The molecule has 15 nitrogen and oxygen atoms in total. The number of Topliss-reactive ketones (excluding diaryl/α,β-unsaturated/α-hetero) is 1. The summed E-state index contributed by atoms with van der Waals surface area (Å²) in [6, 6.07) is 3.18. The number of hydrogen-bond acceptors (Lipinski definition) is 9. The summed E-state index contributed by atoms with van der Waals surface area (Å²) in [5.41, 5.74) is -0.0964. The van der Waals surface area contributed by atoms with Gasteiger partial charge in [0.1, 0.15) is 29.9 Å². The number of fused-ring (bicyclic) bond motifs is 1. The lowest BCUT2D eigenvalue weighted by Gasteiger charge is -2.34. The number of rotatable bonds is 16. The summed E-state index contributed by atoms with van der Waals surface area (Å²) < 4.78 is 0. The fraction of sp³-hybridized carbons (Fsp3) is 0.575. The molecule has 0 spiro atoms. The van der Waals surface area contributed by atoms with E-state index in [0.717, 1.165) is 32.1 Å². The van der Waals surface area contributed by atoms with E-state index in [1.54, 1.807) is 37.3 Å². The van der Waals surface area contributed by atoms with Gasteiger partial charge >= 0.3 is 5.97 Å². The number of carbonyl (C=O) groups is 7. The standard InChI is InChI=1S/C40H53N7O8/c1-5-13-27(33(48)37(52)44-28(39(54)55)20-24-14-9-7-10-15-24)43-36(51)32-25(6-2)21-40(4)23(3)30(38(53)47(32)40)45-35(50)31(26-16-11-8-12-17-26)46-34(49)29-22-41-18-19-42-29/h7,9-10,14-15,18-19,22-23,25-28,30-32H,5-6,8,11-13,16-17,20-21H2,1-4H3,(H,43,51)(H,44,52)(H,45,50)(H,46,49)(H,54,55)/t23?,25-,27?,28-,30-,31-,32-,40?/m0/s1. The topological polar surface area (TPSA) is 217 Å².